The van der Waals surface area contributed by atoms with E-state index >= 15 is 0 Å². The van der Waals surface area contributed by atoms with E-state index in [-0.39, 0.29) is 5.91 Å². The fraction of sp³-hybridized carbons (Fsp3) is 0.571. The third kappa shape index (κ3) is 2.76. The molecule has 0 aromatic carbocycles. The second-order valence-electron chi connectivity index (χ2n) is 5.65. The third-order valence-corrected chi connectivity index (χ3v) is 4.33. The van der Waals surface area contributed by atoms with Crippen LogP contribution in [0.2, 0.25) is 0 Å². The van der Waals surface area contributed by atoms with Crippen molar-refractivity contribution < 1.29 is 4.79 Å². The fourth-order valence-corrected chi connectivity index (χ4v) is 3.27. The lowest BCUT2D eigenvalue weighted by Gasteiger charge is -2.41. The molecule has 20 heavy (non-hydrogen) atoms. The second-order valence-corrected chi connectivity index (χ2v) is 5.65. The lowest BCUT2D eigenvalue weighted by Crippen LogP contribution is -2.53. The molecular weight excluding hydrogens is 254 g/mol. The van der Waals surface area contributed by atoms with Gasteiger partial charge >= 0.3 is 0 Å². The molecule has 3 rings (SSSR count). The minimum absolute atomic E-state index is 0.210. The van der Waals surface area contributed by atoms with Gasteiger partial charge in [-0.05, 0) is 24.8 Å². The van der Waals surface area contributed by atoms with Crippen molar-refractivity contribution in [2.45, 2.75) is 31.8 Å². The zero-order valence-electron chi connectivity index (χ0n) is 11.5. The van der Waals surface area contributed by atoms with E-state index in [1.165, 1.54) is 0 Å². The van der Waals surface area contributed by atoms with Crippen LogP contribution in [0.4, 0.5) is 5.82 Å². The summed E-state index contributed by atoms with van der Waals surface area (Å²) in [5.74, 6) is 7.03. The van der Waals surface area contributed by atoms with Gasteiger partial charge < -0.3 is 10.7 Å². The van der Waals surface area contributed by atoms with Gasteiger partial charge in [-0.15, -0.1) is 0 Å². The van der Waals surface area contributed by atoms with Crippen molar-refractivity contribution in [1.29, 1.82) is 0 Å². The summed E-state index contributed by atoms with van der Waals surface area (Å²) in [4.78, 5) is 18.1. The predicted molar refractivity (Wildman–Crippen MR) is 76.6 cm³/mol. The molecule has 4 N–H and O–H groups in total. The highest BCUT2D eigenvalue weighted by Gasteiger charge is 2.33. The number of likely N-dealkylation sites (tertiary alicyclic amines) is 1. The van der Waals surface area contributed by atoms with Gasteiger partial charge in [0, 0.05) is 43.9 Å². The Balaban J connectivity index is 1.63. The Labute approximate surface area is 118 Å². The Morgan fingerprint density at radius 3 is 3.25 bits per heavy atom. The van der Waals surface area contributed by atoms with E-state index in [0.717, 1.165) is 43.9 Å². The highest BCUT2D eigenvalue weighted by atomic mass is 16.1. The molecule has 2 aliphatic heterocycles. The molecule has 0 aliphatic carbocycles. The minimum Gasteiger partial charge on any atom is -0.353 e. The Morgan fingerprint density at radius 2 is 2.40 bits per heavy atom. The number of pyridine rings is 1. The molecule has 2 aliphatic rings. The number of anilines is 1. The Hall–Kier alpha value is -1.66. The number of carbonyl (C=O) groups is 1. The first-order valence-electron chi connectivity index (χ1n) is 7.18. The number of piperidine rings is 2. The number of nitrogens with zero attached hydrogens (tertiary/aromatic N) is 2. The van der Waals surface area contributed by atoms with Crippen LogP contribution in [-0.4, -0.2) is 34.9 Å². The first-order chi connectivity index (χ1) is 9.76. The van der Waals surface area contributed by atoms with Crippen LogP contribution in [0, 0.1) is 5.92 Å². The first-order valence-corrected chi connectivity index (χ1v) is 7.18. The zero-order chi connectivity index (χ0) is 13.9. The monoisotopic (exact) mass is 275 g/mol. The van der Waals surface area contributed by atoms with Crippen molar-refractivity contribution in [2.24, 2.45) is 11.8 Å². The third-order valence-electron chi connectivity index (χ3n) is 4.33. The van der Waals surface area contributed by atoms with Crippen LogP contribution in [0.15, 0.2) is 18.3 Å². The van der Waals surface area contributed by atoms with Crippen LogP contribution in [-0.2, 0) is 11.3 Å². The van der Waals surface area contributed by atoms with E-state index in [0.29, 0.717) is 18.4 Å². The van der Waals surface area contributed by atoms with Gasteiger partial charge in [-0.25, -0.2) is 10.8 Å². The molecule has 2 atom stereocenters. The predicted octanol–water partition coefficient (Wildman–Crippen LogP) is 0.468. The van der Waals surface area contributed by atoms with Gasteiger partial charge in [0.05, 0.1) is 0 Å². The van der Waals surface area contributed by atoms with E-state index in [1.54, 1.807) is 6.20 Å². The standard InChI is InChI=1S/C14H21N5O/c15-18-14-11(2-1-6-16-14)9-19-7-5-12-10(8-19)3-4-13(20)17-12/h1-2,6,10,12H,3-5,7-9,15H2,(H,16,18)(H,17,20). The maximum Gasteiger partial charge on any atom is 0.220 e. The quantitative estimate of drug-likeness (QED) is 0.551. The SMILES string of the molecule is NNc1ncccc1CN1CCC2NC(=O)CCC2C1. The molecule has 2 fully saturated rings. The normalized spacial score (nSPS) is 26.8. The number of hydrogen-bond acceptors (Lipinski definition) is 5. The van der Waals surface area contributed by atoms with Crippen LogP contribution in [0.3, 0.4) is 0 Å². The van der Waals surface area contributed by atoms with Crippen LogP contribution in [0.5, 0.6) is 0 Å². The van der Waals surface area contributed by atoms with Crippen molar-refractivity contribution in [3.05, 3.63) is 23.9 Å². The lowest BCUT2D eigenvalue weighted by molar-refractivity contribution is -0.125. The van der Waals surface area contributed by atoms with Gasteiger partial charge in [0.2, 0.25) is 5.91 Å². The van der Waals surface area contributed by atoms with E-state index in [2.05, 4.69) is 26.7 Å². The molecule has 0 saturated carbocycles. The summed E-state index contributed by atoms with van der Waals surface area (Å²) in [6.07, 6.45) is 4.43. The van der Waals surface area contributed by atoms with E-state index in [4.69, 9.17) is 5.84 Å². The molecule has 2 unspecified atom stereocenters. The molecule has 6 nitrogen and oxygen atoms in total. The molecule has 6 heteroatoms. The van der Waals surface area contributed by atoms with Crippen molar-refractivity contribution in [1.82, 2.24) is 15.2 Å². The average molecular weight is 275 g/mol. The number of nitrogen functional groups attached to an aromatic ring is 1. The largest absolute Gasteiger partial charge is 0.353 e. The number of rotatable bonds is 3. The number of aromatic nitrogens is 1. The highest BCUT2D eigenvalue weighted by molar-refractivity contribution is 5.77. The number of hydrazine groups is 1. The molecule has 1 aromatic rings. The molecule has 3 heterocycles. The van der Waals surface area contributed by atoms with Crippen LogP contribution < -0.4 is 16.6 Å². The van der Waals surface area contributed by atoms with Gasteiger partial charge in [-0.2, -0.15) is 0 Å². The topological polar surface area (TPSA) is 83.3 Å². The number of nitrogens with two attached hydrogens (primary N) is 1. The Morgan fingerprint density at radius 1 is 1.50 bits per heavy atom. The van der Waals surface area contributed by atoms with E-state index in [9.17, 15) is 4.79 Å². The number of amides is 1. The van der Waals surface area contributed by atoms with Crippen LogP contribution >= 0.6 is 0 Å². The van der Waals surface area contributed by atoms with Crippen LogP contribution in [0.1, 0.15) is 24.8 Å². The Bertz CT molecular complexity index is 492. The van der Waals surface area contributed by atoms with Crippen molar-refractivity contribution in [2.75, 3.05) is 18.5 Å². The van der Waals surface area contributed by atoms with Gasteiger partial charge in [0.1, 0.15) is 5.82 Å². The molecule has 0 bridgehead atoms. The van der Waals surface area contributed by atoms with Crippen molar-refractivity contribution in [3.63, 3.8) is 0 Å². The molecule has 1 aromatic heterocycles. The molecule has 2 saturated heterocycles. The van der Waals surface area contributed by atoms with Crippen LogP contribution in [0.25, 0.3) is 0 Å². The first kappa shape index (κ1) is 13.3. The van der Waals surface area contributed by atoms with Gasteiger partial charge in [0.15, 0.2) is 0 Å². The molecular formula is C14H21N5O. The number of fused-ring (bicyclic) bond motifs is 1. The van der Waals surface area contributed by atoms with E-state index in [1.807, 2.05) is 6.07 Å². The van der Waals surface area contributed by atoms with Crippen molar-refractivity contribution >= 4 is 11.7 Å². The summed E-state index contributed by atoms with van der Waals surface area (Å²) >= 11 is 0. The summed E-state index contributed by atoms with van der Waals surface area (Å²) < 4.78 is 0. The molecule has 1 amide bonds. The lowest BCUT2D eigenvalue weighted by atomic mass is 9.85. The highest BCUT2D eigenvalue weighted by Crippen LogP contribution is 2.26. The van der Waals surface area contributed by atoms with Gasteiger partial charge in [-0.1, -0.05) is 6.07 Å². The minimum atomic E-state index is 0.210. The van der Waals surface area contributed by atoms with Crippen molar-refractivity contribution in [3.8, 4) is 0 Å². The van der Waals surface area contributed by atoms with E-state index < -0.39 is 0 Å². The smallest absolute Gasteiger partial charge is 0.220 e. The number of hydrogen-bond donors (Lipinski definition) is 3. The fourth-order valence-electron chi connectivity index (χ4n) is 3.27. The Kier molecular flexibility index (Phi) is 3.84. The molecule has 0 radical (unpaired) electrons. The summed E-state index contributed by atoms with van der Waals surface area (Å²) in [5.41, 5.74) is 3.77. The van der Waals surface area contributed by atoms with Gasteiger partial charge in [0.25, 0.3) is 0 Å². The maximum atomic E-state index is 11.4. The summed E-state index contributed by atoms with van der Waals surface area (Å²) in [6.45, 7) is 2.88. The number of carbonyl (C=O) groups excluding carboxylic acids is 1. The van der Waals surface area contributed by atoms with Gasteiger partial charge in [-0.3, -0.25) is 9.69 Å². The summed E-state index contributed by atoms with van der Waals surface area (Å²) in [7, 11) is 0. The molecule has 0 spiro atoms. The molecule has 108 valence electrons. The summed E-state index contributed by atoms with van der Waals surface area (Å²) in [5, 5.41) is 3.11. The second kappa shape index (κ2) is 5.76. The number of nitrogens with one attached hydrogen (secondary N) is 2. The average Bonchev–Trinajstić information content (AvgIpc) is 2.48. The maximum absolute atomic E-state index is 11.4. The zero-order valence-corrected chi connectivity index (χ0v) is 11.5. The summed E-state index contributed by atoms with van der Waals surface area (Å²) in [6, 6.07) is 4.36.